The van der Waals surface area contributed by atoms with Crippen molar-refractivity contribution in [3.63, 3.8) is 0 Å². The summed E-state index contributed by atoms with van der Waals surface area (Å²) >= 11 is 0. The van der Waals surface area contributed by atoms with Crippen LogP contribution in [0.15, 0.2) is 41.2 Å². The Balaban J connectivity index is 1.68. The van der Waals surface area contributed by atoms with Gasteiger partial charge in [0.05, 0.1) is 11.2 Å². The number of piperazine rings is 1. The standard InChI is InChI=1S/C22H29N5O/c1-22(2,3)15-27-19-10-9-18(24-20(19)25(4)21(27)28)16-5-7-17(8-6-16)26-13-11-23-12-14-26/h5-10,23H,11-15H2,1-4H3. The van der Waals surface area contributed by atoms with Crippen LogP contribution in [0.5, 0.6) is 0 Å². The minimum Gasteiger partial charge on any atom is -0.369 e. The molecule has 0 saturated carbocycles. The number of rotatable bonds is 3. The Morgan fingerprint density at radius 1 is 1.04 bits per heavy atom. The Bertz CT molecular complexity index is 1030. The minimum atomic E-state index is -0.0105. The van der Waals surface area contributed by atoms with Crippen molar-refractivity contribution in [2.24, 2.45) is 12.5 Å². The summed E-state index contributed by atoms with van der Waals surface area (Å²) in [6, 6.07) is 12.6. The van der Waals surface area contributed by atoms with Crippen LogP contribution in [0.3, 0.4) is 0 Å². The molecule has 0 spiro atoms. The van der Waals surface area contributed by atoms with Crippen molar-refractivity contribution in [3.8, 4) is 11.3 Å². The first-order chi connectivity index (χ1) is 13.3. The molecule has 1 saturated heterocycles. The number of anilines is 1. The van der Waals surface area contributed by atoms with Crippen LogP contribution in [0.2, 0.25) is 0 Å². The third kappa shape index (κ3) is 3.56. The zero-order valence-corrected chi connectivity index (χ0v) is 17.2. The number of pyridine rings is 1. The molecule has 4 rings (SSSR count). The van der Waals surface area contributed by atoms with E-state index in [1.165, 1.54) is 5.69 Å². The highest BCUT2D eigenvalue weighted by molar-refractivity contribution is 5.76. The summed E-state index contributed by atoms with van der Waals surface area (Å²) in [5.41, 5.74) is 4.84. The molecule has 0 aliphatic carbocycles. The molecule has 0 unspecified atom stereocenters. The second-order valence-electron chi connectivity index (χ2n) is 8.81. The summed E-state index contributed by atoms with van der Waals surface area (Å²) in [4.78, 5) is 19.9. The third-order valence-electron chi connectivity index (χ3n) is 5.26. The number of aryl methyl sites for hydroxylation is 1. The fourth-order valence-electron chi connectivity index (χ4n) is 3.83. The molecule has 0 amide bonds. The van der Waals surface area contributed by atoms with Crippen LogP contribution in [0.4, 0.5) is 5.69 Å². The highest BCUT2D eigenvalue weighted by Crippen LogP contribution is 2.25. The molecular weight excluding hydrogens is 350 g/mol. The fourth-order valence-corrected chi connectivity index (χ4v) is 3.83. The van der Waals surface area contributed by atoms with Gasteiger partial charge in [0.1, 0.15) is 0 Å². The molecule has 0 atom stereocenters. The summed E-state index contributed by atoms with van der Waals surface area (Å²) in [6.45, 7) is 11.2. The van der Waals surface area contributed by atoms with Gasteiger partial charge in [-0.2, -0.15) is 0 Å². The van der Waals surface area contributed by atoms with E-state index in [4.69, 9.17) is 4.98 Å². The zero-order valence-electron chi connectivity index (χ0n) is 17.2. The largest absolute Gasteiger partial charge is 0.369 e. The predicted octanol–water partition coefficient (Wildman–Crippen LogP) is 2.86. The first-order valence-corrected chi connectivity index (χ1v) is 9.96. The Kier molecular flexibility index (Phi) is 4.75. The zero-order chi connectivity index (χ0) is 19.9. The molecule has 148 valence electrons. The van der Waals surface area contributed by atoms with Crippen LogP contribution in [0.1, 0.15) is 20.8 Å². The number of aromatic nitrogens is 3. The normalized spacial score (nSPS) is 15.4. The molecule has 0 bridgehead atoms. The number of imidazole rings is 1. The van der Waals surface area contributed by atoms with Gasteiger partial charge in [-0.05, 0) is 29.7 Å². The van der Waals surface area contributed by atoms with Crippen molar-refractivity contribution >= 4 is 16.9 Å². The van der Waals surface area contributed by atoms with Crippen molar-refractivity contribution in [1.82, 2.24) is 19.4 Å². The second-order valence-corrected chi connectivity index (χ2v) is 8.81. The first kappa shape index (κ1) is 18.7. The number of fused-ring (bicyclic) bond motifs is 1. The SMILES string of the molecule is Cn1c(=O)n(CC(C)(C)C)c2ccc(-c3ccc(N4CCNCC4)cc3)nc21. The highest BCUT2D eigenvalue weighted by Gasteiger charge is 2.19. The van der Waals surface area contributed by atoms with Gasteiger partial charge in [-0.15, -0.1) is 0 Å². The molecule has 1 aliphatic rings. The smallest absolute Gasteiger partial charge is 0.330 e. The number of nitrogens with one attached hydrogen (secondary N) is 1. The molecule has 3 aromatic rings. The molecule has 6 nitrogen and oxygen atoms in total. The van der Waals surface area contributed by atoms with E-state index in [1.807, 2.05) is 16.7 Å². The van der Waals surface area contributed by atoms with Crippen LogP contribution in [-0.2, 0) is 13.6 Å². The molecule has 6 heteroatoms. The number of nitrogens with zero attached hydrogens (tertiary/aromatic N) is 4. The van der Waals surface area contributed by atoms with Gasteiger partial charge >= 0.3 is 5.69 Å². The summed E-state index contributed by atoms with van der Waals surface area (Å²) in [6.07, 6.45) is 0. The summed E-state index contributed by atoms with van der Waals surface area (Å²) in [5.74, 6) is 0. The minimum absolute atomic E-state index is 0.0105. The van der Waals surface area contributed by atoms with E-state index < -0.39 is 0 Å². The van der Waals surface area contributed by atoms with Crippen molar-refractivity contribution in [3.05, 3.63) is 46.9 Å². The lowest BCUT2D eigenvalue weighted by Crippen LogP contribution is -2.43. The van der Waals surface area contributed by atoms with Crippen molar-refractivity contribution in [2.45, 2.75) is 27.3 Å². The van der Waals surface area contributed by atoms with Crippen LogP contribution in [0.25, 0.3) is 22.4 Å². The molecule has 28 heavy (non-hydrogen) atoms. The summed E-state index contributed by atoms with van der Waals surface area (Å²) in [7, 11) is 1.80. The Morgan fingerprint density at radius 2 is 1.71 bits per heavy atom. The molecule has 1 N–H and O–H groups in total. The number of hydrogen-bond donors (Lipinski definition) is 1. The van der Waals surface area contributed by atoms with Crippen LogP contribution < -0.4 is 15.9 Å². The van der Waals surface area contributed by atoms with E-state index in [2.05, 4.69) is 55.3 Å². The topological polar surface area (TPSA) is 55.1 Å². The summed E-state index contributed by atoms with van der Waals surface area (Å²) in [5, 5.41) is 3.38. The average Bonchev–Trinajstić information content (AvgIpc) is 2.92. The molecule has 1 fully saturated rings. The third-order valence-corrected chi connectivity index (χ3v) is 5.26. The van der Waals surface area contributed by atoms with E-state index in [-0.39, 0.29) is 11.1 Å². The molecule has 1 aromatic carbocycles. The van der Waals surface area contributed by atoms with Gasteiger partial charge in [-0.3, -0.25) is 9.13 Å². The predicted molar refractivity (Wildman–Crippen MR) is 115 cm³/mol. The van der Waals surface area contributed by atoms with Crippen molar-refractivity contribution in [1.29, 1.82) is 0 Å². The van der Waals surface area contributed by atoms with Gasteiger partial charge < -0.3 is 10.2 Å². The van der Waals surface area contributed by atoms with Gasteiger partial charge in [0.25, 0.3) is 0 Å². The van der Waals surface area contributed by atoms with Gasteiger partial charge in [-0.25, -0.2) is 9.78 Å². The van der Waals surface area contributed by atoms with E-state index in [1.54, 1.807) is 11.6 Å². The van der Waals surface area contributed by atoms with Gasteiger partial charge in [0.15, 0.2) is 5.65 Å². The quantitative estimate of drug-likeness (QED) is 0.760. The van der Waals surface area contributed by atoms with E-state index in [9.17, 15) is 4.79 Å². The van der Waals surface area contributed by atoms with Crippen molar-refractivity contribution in [2.75, 3.05) is 31.1 Å². The highest BCUT2D eigenvalue weighted by atomic mass is 16.1. The second kappa shape index (κ2) is 7.09. The van der Waals surface area contributed by atoms with E-state index >= 15 is 0 Å². The van der Waals surface area contributed by atoms with Gasteiger partial charge in [0, 0.05) is 51.0 Å². The molecule has 0 radical (unpaired) electrons. The lowest BCUT2D eigenvalue weighted by Gasteiger charge is -2.29. The fraction of sp³-hybridized carbons (Fsp3) is 0.455. The first-order valence-electron chi connectivity index (χ1n) is 9.96. The van der Waals surface area contributed by atoms with Crippen LogP contribution in [-0.4, -0.2) is 40.3 Å². The molecule has 2 aromatic heterocycles. The maximum atomic E-state index is 12.7. The Labute approximate surface area is 165 Å². The van der Waals surface area contributed by atoms with E-state index in [0.717, 1.165) is 48.6 Å². The van der Waals surface area contributed by atoms with Gasteiger partial charge in [-0.1, -0.05) is 32.9 Å². The lowest BCUT2D eigenvalue weighted by molar-refractivity contribution is 0.342. The summed E-state index contributed by atoms with van der Waals surface area (Å²) < 4.78 is 3.49. The van der Waals surface area contributed by atoms with Gasteiger partial charge in [0.2, 0.25) is 0 Å². The van der Waals surface area contributed by atoms with E-state index in [0.29, 0.717) is 6.54 Å². The Morgan fingerprint density at radius 3 is 2.36 bits per heavy atom. The Hall–Kier alpha value is -2.60. The maximum Gasteiger partial charge on any atom is 0.330 e. The lowest BCUT2D eigenvalue weighted by atomic mass is 9.97. The molecule has 3 heterocycles. The van der Waals surface area contributed by atoms with Crippen LogP contribution >= 0.6 is 0 Å². The monoisotopic (exact) mass is 379 g/mol. The number of benzene rings is 1. The average molecular weight is 380 g/mol. The number of hydrogen-bond acceptors (Lipinski definition) is 4. The van der Waals surface area contributed by atoms with Crippen molar-refractivity contribution < 1.29 is 0 Å². The van der Waals surface area contributed by atoms with Crippen LogP contribution in [0, 0.1) is 5.41 Å². The maximum absolute atomic E-state index is 12.7. The molecule has 1 aliphatic heterocycles. The molecular formula is C22H29N5O.